The van der Waals surface area contributed by atoms with Crippen LogP contribution in [-0.2, 0) is 9.68 Å². The van der Waals surface area contributed by atoms with Crippen LogP contribution in [0, 0.1) is 0 Å². The second-order valence-corrected chi connectivity index (χ2v) is 5.63. The zero-order chi connectivity index (χ0) is 19.3. The van der Waals surface area contributed by atoms with Gasteiger partial charge in [0.15, 0.2) is 0 Å². The summed E-state index contributed by atoms with van der Waals surface area (Å²) in [5.41, 5.74) is 0. The predicted octanol–water partition coefficient (Wildman–Crippen LogP) is 6.02. The molecular weight excluding hydrogens is 328 g/mol. The Morgan fingerprint density at radius 2 is 1.50 bits per heavy atom. The molecule has 0 fully saturated rings. The molecule has 0 bridgehead atoms. The molecule has 26 heavy (non-hydrogen) atoms. The Bertz CT molecular complexity index is 510. The summed E-state index contributed by atoms with van der Waals surface area (Å²) < 4.78 is 0. The van der Waals surface area contributed by atoms with Crippen molar-refractivity contribution >= 4 is 5.97 Å². The van der Waals surface area contributed by atoms with Crippen LogP contribution < -0.4 is 0 Å². The predicted molar refractivity (Wildman–Crippen MR) is 108 cm³/mol. The number of carbonyl (C=O) groups is 1. The first-order valence-corrected chi connectivity index (χ1v) is 9.16. The molecular formula is C22H32O4. The van der Waals surface area contributed by atoms with Gasteiger partial charge in [0.1, 0.15) is 6.10 Å². The van der Waals surface area contributed by atoms with Crippen molar-refractivity contribution in [3.8, 4) is 0 Å². The molecule has 2 N–H and O–H groups in total. The van der Waals surface area contributed by atoms with Crippen molar-refractivity contribution in [1.82, 2.24) is 0 Å². The molecule has 0 spiro atoms. The highest BCUT2D eigenvalue weighted by atomic mass is 17.1. The highest BCUT2D eigenvalue weighted by molar-refractivity contribution is 5.66. The Morgan fingerprint density at radius 1 is 0.885 bits per heavy atom. The molecule has 0 aromatic carbocycles. The van der Waals surface area contributed by atoms with E-state index in [9.17, 15) is 4.79 Å². The molecule has 0 saturated heterocycles. The minimum Gasteiger partial charge on any atom is -0.481 e. The quantitative estimate of drug-likeness (QED) is 0.162. The minimum absolute atomic E-state index is 0.157. The van der Waals surface area contributed by atoms with Gasteiger partial charge in [0.2, 0.25) is 0 Å². The maximum Gasteiger partial charge on any atom is 0.303 e. The average molecular weight is 360 g/mol. The van der Waals surface area contributed by atoms with Gasteiger partial charge >= 0.3 is 5.97 Å². The summed E-state index contributed by atoms with van der Waals surface area (Å²) in [5, 5.41) is 17.4. The topological polar surface area (TPSA) is 66.8 Å². The van der Waals surface area contributed by atoms with Crippen molar-refractivity contribution in [2.75, 3.05) is 0 Å². The van der Waals surface area contributed by atoms with Crippen LogP contribution in [0.2, 0.25) is 0 Å². The molecule has 4 nitrogen and oxygen atoms in total. The number of hydrogen-bond acceptors (Lipinski definition) is 3. The third kappa shape index (κ3) is 18.2. The molecule has 0 aromatic rings. The van der Waals surface area contributed by atoms with E-state index < -0.39 is 5.97 Å². The first-order valence-electron chi connectivity index (χ1n) is 9.16. The molecule has 0 saturated carbocycles. The van der Waals surface area contributed by atoms with Gasteiger partial charge in [-0.15, -0.1) is 0 Å². The Morgan fingerprint density at radius 3 is 2.15 bits per heavy atom. The van der Waals surface area contributed by atoms with Gasteiger partial charge in [-0.25, -0.2) is 4.89 Å². The Kier molecular flexibility index (Phi) is 17.6. The monoisotopic (exact) mass is 360 g/mol. The summed E-state index contributed by atoms with van der Waals surface area (Å²) in [7, 11) is 0. The van der Waals surface area contributed by atoms with E-state index in [1.165, 1.54) is 0 Å². The van der Waals surface area contributed by atoms with E-state index in [1.54, 1.807) is 6.08 Å². The second-order valence-electron chi connectivity index (χ2n) is 5.63. The van der Waals surface area contributed by atoms with Crippen LogP contribution in [0.15, 0.2) is 72.9 Å². The van der Waals surface area contributed by atoms with E-state index in [2.05, 4.69) is 36.1 Å². The number of aliphatic carboxylic acids is 1. The maximum absolute atomic E-state index is 10.3. The fraction of sp³-hybridized carbons (Fsp3) is 0.409. The smallest absolute Gasteiger partial charge is 0.303 e. The summed E-state index contributed by atoms with van der Waals surface area (Å²) >= 11 is 0. The summed E-state index contributed by atoms with van der Waals surface area (Å²) in [6.45, 7) is 2.12. The standard InChI is InChI=1S/C22H32O4/c1-2-3-4-5-6-7-8-9-12-15-18-21(26-25)19-16-13-10-11-14-17-20-22(23)24/h3-4,6-7,9,11-16,18,21,25H,2,5,8,10,17,19-20H2,1H3,(H,23,24)/b4-3-,7-6-,12-9-,14-11-,16-13-,18-15-. The summed E-state index contributed by atoms with van der Waals surface area (Å²) in [6.07, 6.45) is 28.5. The fourth-order valence-corrected chi connectivity index (χ4v) is 1.94. The van der Waals surface area contributed by atoms with Gasteiger partial charge in [0, 0.05) is 6.42 Å². The third-order valence-electron chi connectivity index (χ3n) is 3.32. The van der Waals surface area contributed by atoms with Crippen LogP contribution >= 0.6 is 0 Å². The molecule has 0 radical (unpaired) electrons. The lowest BCUT2D eigenvalue weighted by atomic mass is 10.2. The number of carboxylic acid groups (broad SMARTS) is 1. The Balaban J connectivity index is 3.90. The molecule has 0 heterocycles. The Hall–Kier alpha value is -2.17. The number of allylic oxidation sites excluding steroid dienone is 10. The van der Waals surface area contributed by atoms with Crippen molar-refractivity contribution < 1.29 is 20.0 Å². The number of rotatable bonds is 15. The van der Waals surface area contributed by atoms with Gasteiger partial charge in [0.25, 0.3) is 0 Å². The molecule has 1 atom stereocenters. The lowest BCUT2D eigenvalue weighted by Crippen LogP contribution is -2.04. The molecule has 144 valence electrons. The van der Waals surface area contributed by atoms with E-state index >= 15 is 0 Å². The zero-order valence-corrected chi connectivity index (χ0v) is 15.7. The van der Waals surface area contributed by atoms with Crippen LogP contribution in [0.5, 0.6) is 0 Å². The summed E-state index contributed by atoms with van der Waals surface area (Å²) in [5.74, 6) is -0.783. The molecule has 4 heteroatoms. The SMILES string of the molecule is CC/C=C\C/C=C\C/C=C\C=C/C(C/C=C\C/C=C\CCC(=O)O)OO. The zero-order valence-electron chi connectivity index (χ0n) is 15.7. The first-order chi connectivity index (χ1) is 12.7. The van der Waals surface area contributed by atoms with Crippen molar-refractivity contribution in [3.05, 3.63) is 72.9 Å². The number of hydrogen-bond donors (Lipinski definition) is 2. The van der Waals surface area contributed by atoms with Crippen LogP contribution in [0.3, 0.4) is 0 Å². The van der Waals surface area contributed by atoms with E-state index in [-0.39, 0.29) is 12.5 Å². The van der Waals surface area contributed by atoms with E-state index in [4.69, 9.17) is 10.4 Å². The molecule has 1 unspecified atom stereocenters. The van der Waals surface area contributed by atoms with Crippen molar-refractivity contribution in [1.29, 1.82) is 0 Å². The number of carboxylic acids is 1. The van der Waals surface area contributed by atoms with Crippen LogP contribution in [0.4, 0.5) is 0 Å². The van der Waals surface area contributed by atoms with E-state index in [1.807, 2.05) is 42.5 Å². The fourth-order valence-electron chi connectivity index (χ4n) is 1.94. The van der Waals surface area contributed by atoms with Gasteiger partial charge in [-0.3, -0.25) is 10.1 Å². The molecule has 0 aliphatic carbocycles. The van der Waals surface area contributed by atoms with Crippen molar-refractivity contribution in [2.45, 2.75) is 58.0 Å². The van der Waals surface area contributed by atoms with Gasteiger partial charge < -0.3 is 5.11 Å². The molecule has 0 aliphatic rings. The van der Waals surface area contributed by atoms with E-state index in [0.29, 0.717) is 12.8 Å². The van der Waals surface area contributed by atoms with E-state index in [0.717, 1.165) is 25.7 Å². The normalized spacial score (nSPS) is 14.2. The van der Waals surface area contributed by atoms with Crippen molar-refractivity contribution in [3.63, 3.8) is 0 Å². The molecule has 0 aromatic heterocycles. The molecule has 0 aliphatic heterocycles. The molecule has 0 amide bonds. The first kappa shape index (κ1) is 23.8. The lowest BCUT2D eigenvalue weighted by molar-refractivity contribution is -0.264. The van der Waals surface area contributed by atoms with Gasteiger partial charge in [-0.1, -0.05) is 79.8 Å². The Labute approximate surface area is 157 Å². The highest BCUT2D eigenvalue weighted by Gasteiger charge is 1.99. The van der Waals surface area contributed by atoms with Crippen molar-refractivity contribution in [2.24, 2.45) is 0 Å². The molecule has 0 rings (SSSR count). The summed E-state index contributed by atoms with van der Waals surface area (Å²) in [4.78, 5) is 14.8. The third-order valence-corrected chi connectivity index (χ3v) is 3.32. The highest BCUT2D eigenvalue weighted by Crippen LogP contribution is 2.02. The van der Waals surface area contributed by atoms with Crippen LogP contribution in [-0.4, -0.2) is 22.4 Å². The largest absolute Gasteiger partial charge is 0.481 e. The maximum atomic E-state index is 10.3. The lowest BCUT2D eigenvalue weighted by Gasteiger charge is -2.03. The minimum atomic E-state index is -0.783. The summed E-state index contributed by atoms with van der Waals surface area (Å²) in [6, 6.07) is 0. The van der Waals surface area contributed by atoms with Crippen LogP contribution in [0.1, 0.15) is 51.9 Å². The second kappa shape index (κ2) is 19.2. The average Bonchev–Trinajstić information content (AvgIpc) is 2.63. The van der Waals surface area contributed by atoms with Gasteiger partial charge in [-0.2, -0.15) is 0 Å². The van der Waals surface area contributed by atoms with Gasteiger partial charge in [-0.05, 0) is 38.5 Å². The van der Waals surface area contributed by atoms with Gasteiger partial charge in [0.05, 0.1) is 0 Å². The van der Waals surface area contributed by atoms with Crippen LogP contribution in [0.25, 0.3) is 0 Å².